The van der Waals surface area contributed by atoms with Gasteiger partial charge in [0.2, 0.25) is 5.91 Å². The van der Waals surface area contributed by atoms with Gasteiger partial charge < -0.3 is 5.11 Å². The van der Waals surface area contributed by atoms with Gasteiger partial charge in [0.25, 0.3) is 17.0 Å². The minimum absolute atomic E-state index is 0.0821. The molecule has 1 atom stereocenters. The van der Waals surface area contributed by atoms with Crippen LogP contribution in [0.2, 0.25) is 0 Å². The Morgan fingerprint density at radius 1 is 1.36 bits per heavy atom. The Balaban J connectivity index is 2.03. The highest BCUT2D eigenvalue weighted by molar-refractivity contribution is 7.99. The number of carbonyl (C=O) groups excluding carboxylic acids is 1. The van der Waals surface area contributed by atoms with Crippen LogP contribution >= 0.6 is 11.8 Å². The van der Waals surface area contributed by atoms with Crippen LogP contribution in [0.4, 0.5) is 5.69 Å². The van der Waals surface area contributed by atoms with Crippen LogP contribution in [0.25, 0.3) is 11.3 Å². The summed E-state index contributed by atoms with van der Waals surface area (Å²) in [5.41, 5.74) is 1.87. The van der Waals surface area contributed by atoms with Crippen LogP contribution in [0.1, 0.15) is 46.2 Å². The number of fused-ring (bicyclic) bond motifs is 3. The first-order chi connectivity index (χ1) is 12.0. The standard InChI is InChI=1S/C18H22N4O2S/c1-4-5-8-11-25-18-19-17(24)16-14-9-6-7-10-15(14)21(13(3)23)12(2)22(16)20-18/h6-7,9-10,12H,4-5,8,11H2,1-3H3. The van der Waals surface area contributed by atoms with Crippen molar-refractivity contribution in [2.24, 2.45) is 0 Å². The quantitative estimate of drug-likeness (QED) is 0.467. The largest absolute Gasteiger partial charge is 0.854 e. The van der Waals surface area contributed by atoms with Crippen LogP contribution in [-0.4, -0.2) is 21.7 Å². The van der Waals surface area contributed by atoms with Gasteiger partial charge in [0, 0.05) is 24.7 Å². The number of aromatic nitrogens is 3. The second-order valence-corrected chi connectivity index (χ2v) is 7.15. The van der Waals surface area contributed by atoms with Crippen molar-refractivity contribution in [3.8, 4) is 17.1 Å². The number of nitrogens with zero attached hydrogens (tertiary/aromatic N) is 4. The summed E-state index contributed by atoms with van der Waals surface area (Å²) >= 11 is 1.49. The first-order valence-corrected chi connectivity index (χ1v) is 9.56. The van der Waals surface area contributed by atoms with Gasteiger partial charge in [-0.15, -0.1) is 0 Å². The van der Waals surface area contributed by atoms with E-state index in [1.165, 1.54) is 18.7 Å². The molecule has 0 radical (unpaired) electrons. The number of unbranched alkanes of at least 4 members (excludes halogenated alkanes) is 2. The van der Waals surface area contributed by atoms with Gasteiger partial charge in [-0.2, -0.15) is 0 Å². The zero-order valence-corrected chi connectivity index (χ0v) is 15.5. The van der Waals surface area contributed by atoms with Crippen molar-refractivity contribution in [1.82, 2.24) is 10.1 Å². The molecule has 1 aromatic carbocycles. The summed E-state index contributed by atoms with van der Waals surface area (Å²) in [6.07, 6.45) is 3.00. The normalized spacial score (nSPS) is 15.6. The van der Waals surface area contributed by atoms with Gasteiger partial charge in [0.05, 0.1) is 17.1 Å². The third-order valence-electron chi connectivity index (χ3n) is 4.29. The van der Waals surface area contributed by atoms with E-state index in [0.717, 1.165) is 30.7 Å². The maximum absolute atomic E-state index is 12.7. The Labute approximate surface area is 151 Å². The van der Waals surface area contributed by atoms with E-state index >= 15 is 0 Å². The molecule has 0 bridgehead atoms. The Morgan fingerprint density at radius 3 is 2.84 bits per heavy atom. The highest BCUT2D eigenvalue weighted by Crippen LogP contribution is 2.38. The maximum Gasteiger partial charge on any atom is 0.263 e. The first-order valence-electron chi connectivity index (χ1n) is 8.57. The van der Waals surface area contributed by atoms with Crippen LogP contribution in [0, 0.1) is 0 Å². The molecule has 1 aliphatic rings. The summed E-state index contributed by atoms with van der Waals surface area (Å²) in [5, 5.41) is 17.7. The molecular weight excluding hydrogens is 336 g/mol. The smallest absolute Gasteiger partial charge is 0.263 e. The molecule has 7 heteroatoms. The molecule has 6 nitrogen and oxygen atoms in total. The minimum atomic E-state index is -0.368. The van der Waals surface area contributed by atoms with Crippen molar-refractivity contribution in [3.05, 3.63) is 24.3 Å². The maximum atomic E-state index is 12.7. The fraction of sp³-hybridized carbons (Fsp3) is 0.444. The van der Waals surface area contributed by atoms with E-state index < -0.39 is 0 Å². The van der Waals surface area contributed by atoms with Gasteiger partial charge in [-0.1, -0.05) is 48.3 Å². The predicted octanol–water partition coefficient (Wildman–Crippen LogP) is 2.67. The van der Waals surface area contributed by atoms with E-state index in [9.17, 15) is 9.90 Å². The van der Waals surface area contributed by atoms with E-state index in [4.69, 9.17) is 0 Å². The summed E-state index contributed by atoms with van der Waals surface area (Å²) in [6.45, 7) is 5.55. The van der Waals surface area contributed by atoms with Gasteiger partial charge >= 0.3 is 0 Å². The number of para-hydroxylation sites is 1. The van der Waals surface area contributed by atoms with Crippen molar-refractivity contribution in [3.63, 3.8) is 0 Å². The summed E-state index contributed by atoms with van der Waals surface area (Å²) in [6, 6.07) is 7.40. The molecule has 0 saturated carbocycles. The summed E-state index contributed by atoms with van der Waals surface area (Å²) in [5.74, 6) is 0.505. The third-order valence-corrected chi connectivity index (χ3v) is 5.21. The van der Waals surface area contributed by atoms with Crippen LogP contribution in [0.5, 0.6) is 5.88 Å². The number of rotatable bonds is 5. The number of carbonyl (C=O) groups is 1. The molecule has 0 spiro atoms. The summed E-state index contributed by atoms with van der Waals surface area (Å²) in [4.78, 5) is 18.0. The molecule has 3 rings (SSSR count). The molecule has 132 valence electrons. The Bertz CT molecular complexity index is 797. The third kappa shape index (κ3) is 3.33. The molecule has 1 amide bonds. The fourth-order valence-electron chi connectivity index (χ4n) is 3.12. The highest BCUT2D eigenvalue weighted by atomic mass is 32.2. The fourth-order valence-corrected chi connectivity index (χ4v) is 3.94. The Kier molecular flexibility index (Phi) is 5.22. The van der Waals surface area contributed by atoms with Crippen LogP contribution in [0.15, 0.2) is 29.4 Å². The molecule has 2 heterocycles. The van der Waals surface area contributed by atoms with Crippen LogP contribution < -0.4 is 14.7 Å². The lowest BCUT2D eigenvalue weighted by Gasteiger charge is -2.30. The Morgan fingerprint density at radius 2 is 2.12 bits per heavy atom. The second-order valence-electron chi connectivity index (χ2n) is 6.09. The van der Waals surface area contributed by atoms with Gasteiger partial charge in [0.15, 0.2) is 0 Å². The number of amides is 1. The Hall–Kier alpha value is -2.15. The van der Waals surface area contributed by atoms with Crippen molar-refractivity contribution in [2.45, 2.75) is 51.4 Å². The van der Waals surface area contributed by atoms with E-state index in [-0.39, 0.29) is 18.0 Å². The van der Waals surface area contributed by atoms with Crippen LogP contribution in [0.3, 0.4) is 0 Å². The monoisotopic (exact) mass is 358 g/mol. The predicted molar refractivity (Wildman–Crippen MR) is 95.2 cm³/mol. The van der Waals surface area contributed by atoms with Crippen molar-refractivity contribution in [1.29, 1.82) is 0 Å². The minimum Gasteiger partial charge on any atom is -0.854 e. The van der Waals surface area contributed by atoms with Crippen molar-refractivity contribution >= 4 is 23.4 Å². The molecular formula is C18H22N4O2S. The molecule has 0 saturated heterocycles. The summed E-state index contributed by atoms with van der Waals surface area (Å²) < 4.78 is 1.64. The average molecular weight is 358 g/mol. The van der Waals surface area contributed by atoms with Gasteiger partial charge in [0.1, 0.15) is 0 Å². The van der Waals surface area contributed by atoms with E-state index in [2.05, 4.69) is 17.0 Å². The van der Waals surface area contributed by atoms with E-state index in [1.807, 2.05) is 31.2 Å². The van der Waals surface area contributed by atoms with Gasteiger partial charge in [-0.05, 0) is 18.6 Å². The van der Waals surface area contributed by atoms with Crippen molar-refractivity contribution < 1.29 is 14.6 Å². The number of hydrogen-bond acceptors (Lipinski definition) is 5. The molecule has 0 aliphatic carbocycles. The lowest BCUT2D eigenvalue weighted by atomic mass is 10.0. The molecule has 1 unspecified atom stereocenters. The molecule has 0 N–H and O–H groups in total. The van der Waals surface area contributed by atoms with Gasteiger partial charge in [-0.3, -0.25) is 9.69 Å². The summed E-state index contributed by atoms with van der Waals surface area (Å²) in [7, 11) is 0. The average Bonchev–Trinajstić information content (AvgIpc) is 2.58. The SMILES string of the molecule is CCCCCSc1nc([O-])c2[n+](n1)C(C)N(C(C)=O)c1ccccc1-2. The number of benzene rings is 1. The zero-order valence-electron chi connectivity index (χ0n) is 14.7. The zero-order chi connectivity index (χ0) is 18.0. The number of thioether (sulfide) groups is 1. The first kappa shape index (κ1) is 17.7. The molecule has 25 heavy (non-hydrogen) atoms. The van der Waals surface area contributed by atoms with Gasteiger partial charge in [-0.25, -0.2) is 4.98 Å². The highest BCUT2D eigenvalue weighted by Gasteiger charge is 2.39. The molecule has 2 aromatic rings. The number of hydrogen-bond donors (Lipinski definition) is 0. The molecule has 1 aromatic heterocycles. The van der Waals surface area contributed by atoms with Crippen molar-refractivity contribution in [2.75, 3.05) is 10.7 Å². The topological polar surface area (TPSA) is 73.0 Å². The lowest BCUT2D eigenvalue weighted by Crippen LogP contribution is -2.57. The van der Waals surface area contributed by atoms with E-state index in [0.29, 0.717) is 16.4 Å². The molecule has 1 aliphatic heterocycles. The van der Waals surface area contributed by atoms with E-state index in [1.54, 1.807) is 9.58 Å². The molecule has 0 fully saturated rings. The van der Waals surface area contributed by atoms with Crippen LogP contribution in [-0.2, 0) is 4.79 Å². The number of anilines is 1. The second kappa shape index (κ2) is 7.39. The lowest BCUT2D eigenvalue weighted by molar-refractivity contribution is -0.769.